The molecule has 3 aliphatic heterocycles. The zero-order valence-corrected chi connectivity index (χ0v) is 32.6. The number of allylic oxidation sites excluding steroid dienone is 1. The zero-order chi connectivity index (χ0) is 38.6. The van der Waals surface area contributed by atoms with Gasteiger partial charge in [-0.25, -0.2) is 0 Å². The molecule has 0 aliphatic carbocycles. The topological polar surface area (TPSA) is 117 Å². The first-order chi connectivity index (χ1) is 26.1. The fraction of sp³-hybridized carbons (Fsp3) is 0.442. The monoisotopic (exact) mass is 799 g/mol. The fourth-order valence-electron chi connectivity index (χ4n) is 8.56. The number of carbonyl (C=O) groups excluding carboxylic acids is 4. The molecule has 3 heterocycles. The number of ether oxygens (including phenoxy) is 2. The molecule has 3 aliphatic rings. The molecule has 3 saturated heterocycles. The normalized spacial score (nSPS) is 25.2. The van der Waals surface area contributed by atoms with Crippen molar-refractivity contribution in [3.8, 4) is 0 Å². The lowest BCUT2D eigenvalue weighted by Crippen LogP contribution is -2.57. The first kappa shape index (κ1) is 39.4. The number of alkyl halides is 1. The molecule has 0 radical (unpaired) electrons. The number of halogens is 1. The number of benzene rings is 3. The van der Waals surface area contributed by atoms with Gasteiger partial charge >= 0.3 is 5.97 Å². The third-order valence-corrected chi connectivity index (χ3v) is 12.2. The Balaban J connectivity index is 1.36. The first-order valence-electron chi connectivity index (χ1n) is 18.8. The Kier molecular flexibility index (Phi) is 12.4. The summed E-state index contributed by atoms with van der Waals surface area (Å²) in [7, 11) is 1.69. The summed E-state index contributed by atoms with van der Waals surface area (Å²) >= 11 is 3.78. The van der Waals surface area contributed by atoms with Gasteiger partial charge in [0.2, 0.25) is 11.8 Å². The Morgan fingerprint density at radius 1 is 1.04 bits per heavy atom. The molecule has 11 heteroatoms. The lowest BCUT2D eigenvalue weighted by molar-refractivity contribution is -0.164. The van der Waals surface area contributed by atoms with Gasteiger partial charge in [-0.2, -0.15) is 0 Å². The fourth-order valence-corrected chi connectivity index (χ4v) is 9.50. The van der Waals surface area contributed by atoms with Gasteiger partial charge in [-0.05, 0) is 67.5 Å². The van der Waals surface area contributed by atoms with Crippen LogP contribution in [-0.4, -0.2) is 94.0 Å². The Morgan fingerprint density at radius 3 is 2.46 bits per heavy atom. The first-order valence-corrected chi connectivity index (χ1v) is 19.8. The predicted octanol–water partition coefficient (Wildman–Crippen LogP) is 6.37. The van der Waals surface area contributed by atoms with E-state index in [4.69, 9.17) is 9.47 Å². The SMILES string of the molecule is C=CCCC(=O)N(C)[C@@H](C)[C@@H](OC(=O)[C@@H]1[C@H]2O[C@@]3(CC2Br)[C@H](C(=O)N(CC=C)c2ccc4ccccc4c2)N(CCCCCO)C(=O)[C@@H]13)c1ccccc1. The molecule has 3 aromatic carbocycles. The van der Waals surface area contributed by atoms with Crippen LogP contribution >= 0.6 is 15.9 Å². The molecule has 3 amide bonds. The molecule has 1 spiro atoms. The maximum absolute atomic E-state index is 15.1. The van der Waals surface area contributed by atoms with Gasteiger partial charge in [-0.1, -0.05) is 88.7 Å². The number of hydrogen-bond acceptors (Lipinski definition) is 7. The number of amides is 3. The molecule has 0 aromatic heterocycles. The molecule has 1 N–H and O–H groups in total. The van der Waals surface area contributed by atoms with Gasteiger partial charge in [-0.3, -0.25) is 19.2 Å². The number of carbonyl (C=O) groups is 4. The second-order valence-electron chi connectivity index (χ2n) is 14.6. The van der Waals surface area contributed by atoms with Crippen LogP contribution in [0.25, 0.3) is 10.8 Å². The van der Waals surface area contributed by atoms with E-state index in [9.17, 15) is 19.5 Å². The Labute approximate surface area is 325 Å². The molecule has 54 heavy (non-hydrogen) atoms. The quantitative estimate of drug-likeness (QED) is 0.0731. The summed E-state index contributed by atoms with van der Waals surface area (Å²) in [5.74, 6) is -3.31. The highest BCUT2D eigenvalue weighted by Crippen LogP contribution is 2.60. The molecule has 0 saturated carbocycles. The second-order valence-corrected chi connectivity index (χ2v) is 15.8. The Bertz CT molecular complexity index is 1870. The number of fused-ring (bicyclic) bond motifs is 2. The van der Waals surface area contributed by atoms with E-state index in [1.165, 1.54) is 0 Å². The molecule has 3 aromatic rings. The summed E-state index contributed by atoms with van der Waals surface area (Å²) in [5.41, 5.74) is 0.0778. The largest absolute Gasteiger partial charge is 0.455 e. The van der Waals surface area contributed by atoms with Crippen molar-refractivity contribution in [2.75, 3.05) is 31.6 Å². The predicted molar refractivity (Wildman–Crippen MR) is 212 cm³/mol. The number of hydrogen-bond donors (Lipinski definition) is 1. The van der Waals surface area contributed by atoms with Gasteiger partial charge in [0.15, 0.2) is 0 Å². The summed E-state index contributed by atoms with van der Waals surface area (Å²) in [6, 6.07) is 21.4. The lowest BCUT2D eigenvalue weighted by atomic mass is 9.70. The maximum Gasteiger partial charge on any atom is 0.313 e. The molecule has 8 atom stereocenters. The summed E-state index contributed by atoms with van der Waals surface area (Å²) in [4.78, 5) is 62.1. The number of rotatable bonds is 17. The van der Waals surface area contributed by atoms with E-state index in [-0.39, 0.29) is 48.7 Å². The number of aliphatic hydroxyl groups excluding tert-OH is 1. The minimum absolute atomic E-state index is 0.0258. The van der Waals surface area contributed by atoms with Gasteiger partial charge < -0.3 is 29.3 Å². The maximum atomic E-state index is 15.1. The highest BCUT2D eigenvalue weighted by atomic mass is 79.9. The number of likely N-dealkylation sites (N-methyl/N-ethyl adjacent to an activating group) is 1. The minimum Gasteiger partial charge on any atom is -0.455 e. The van der Waals surface area contributed by atoms with E-state index in [0.717, 1.165) is 10.8 Å². The Morgan fingerprint density at radius 2 is 1.76 bits per heavy atom. The molecule has 6 rings (SSSR count). The van der Waals surface area contributed by atoms with Crippen molar-refractivity contribution in [2.45, 2.75) is 80.2 Å². The molecule has 286 valence electrons. The minimum atomic E-state index is -1.30. The van der Waals surface area contributed by atoms with Crippen LogP contribution in [0.2, 0.25) is 0 Å². The average Bonchev–Trinajstić information content (AvgIpc) is 3.78. The molecular weight excluding hydrogens is 750 g/mol. The Hall–Kier alpha value is -4.32. The van der Waals surface area contributed by atoms with Crippen LogP contribution in [-0.2, 0) is 28.7 Å². The van der Waals surface area contributed by atoms with Crippen molar-refractivity contribution in [3.05, 3.63) is 104 Å². The number of aliphatic hydroxyl groups is 1. The van der Waals surface area contributed by atoms with Crippen LogP contribution in [0.15, 0.2) is 98.1 Å². The third-order valence-electron chi connectivity index (χ3n) is 11.4. The lowest BCUT2D eigenvalue weighted by Gasteiger charge is -2.37. The van der Waals surface area contributed by atoms with E-state index in [1.54, 1.807) is 33.9 Å². The zero-order valence-electron chi connectivity index (χ0n) is 31.0. The van der Waals surface area contributed by atoms with Crippen molar-refractivity contribution in [1.82, 2.24) is 9.80 Å². The highest BCUT2D eigenvalue weighted by molar-refractivity contribution is 9.09. The summed E-state index contributed by atoms with van der Waals surface area (Å²) < 4.78 is 13.2. The van der Waals surface area contributed by atoms with Crippen LogP contribution in [0.5, 0.6) is 0 Å². The van der Waals surface area contributed by atoms with Crippen molar-refractivity contribution < 1.29 is 33.8 Å². The number of unbranched alkanes of at least 4 members (excludes halogenated alkanes) is 2. The van der Waals surface area contributed by atoms with Crippen molar-refractivity contribution in [3.63, 3.8) is 0 Å². The molecule has 3 fully saturated rings. The number of esters is 1. The smallest absolute Gasteiger partial charge is 0.313 e. The van der Waals surface area contributed by atoms with Gasteiger partial charge in [-0.15, -0.1) is 13.2 Å². The van der Waals surface area contributed by atoms with E-state index in [2.05, 4.69) is 29.1 Å². The molecule has 1 unspecified atom stereocenters. The van der Waals surface area contributed by atoms with Crippen LogP contribution in [0, 0.1) is 11.8 Å². The van der Waals surface area contributed by atoms with E-state index in [0.29, 0.717) is 43.4 Å². The van der Waals surface area contributed by atoms with Crippen LogP contribution in [0.4, 0.5) is 5.69 Å². The standard InChI is InChI=1S/C43H50BrN3O7/c1-5-7-20-34(49)45(4)28(3)37(30-17-10-8-11-18-30)53-42(52)35-36-40(50)47(24-14-9-15-25-48)39(43(36)27-33(44)38(35)54-43)41(51)46(23-6-2)32-22-21-29-16-12-13-19-31(29)26-32/h5-6,8,10-13,16-19,21-22,26,28,33,35-39,48H,1-2,7,9,14-15,20,23-25,27H2,3-4H3/t28-,33?,35-,36+,37+,38-,39-,43+/m0/s1. The van der Waals surface area contributed by atoms with Crippen LogP contribution in [0.3, 0.4) is 0 Å². The summed E-state index contributed by atoms with van der Waals surface area (Å²) in [6.45, 7) is 9.99. The summed E-state index contributed by atoms with van der Waals surface area (Å²) in [6.07, 6.45) is 4.73. The molecule has 2 bridgehead atoms. The third kappa shape index (κ3) is 7.38. The number of anilines is 1. The van der Waals surface area contributed by atoms with Crippen molar-refractivity contribution in [2.24, 2.45) is 11.8 Å². The molecular formula is C43H50BrN3O7. The van der Waals surface area contributed by atoms with Gasteiger partial charge in [0.1, 0.15) is 17.7 Å². The van der Waals surface area contributed by atoms with Crippen molar-refractivity contribution in [1.29, 1.82) is 0 Å². The number of likely N-dealkylation sites (tertiary alicyclic amines) is 1. The summed E-state index contributed by atoms with van der Waals surface area (Å²) in [5, 5.41) is 11.5. The van der Waals surface area contributed by atoms with Gasteiger partial charge in [0.05, 0.1) is 24.0 Å². The van der Waals surface area contributed by atoms with Crippen LogP contribution < -0.4 is 4.90 Å². The average molecular weight is 801 g/mol. The van der Waals surface area contributed by atoms with E-state index >= 15 is 4.79 Å². The van der Waals surface area contributed by atoms with Crippen molar-refractivity contribution >= 4 is 56.1 Å². The van der Waals surface area contributed by atoms with E-state index < -0.39 is 47.7 Å². The molecule has 10 nitrogen and oxygen atoms in total. The van der Waals surface area contributed by atoms with Gasteiger partial charge in [0, 0.05) is 43.7 Å². The highest BCUT2D eigenvalue weighted by Gasteiger charge is 2.77. The van der Waals surface area contributed by atoms with E-state index in [1.807, 2.05) is 79.7 Å². The van der Waals surface area contributed by atoms with Crippen LogP contribution in [0.1, 0.15) is 57.1 Å². The second kappa shape index (κ2) is 17.0. The van der Waals surface area contributed by atoms with Gasteiger partial charge in [0.25, 0.3) is 5.91 Å². The number of nitrogens with zero attached hydrogens (tertiary/aromatic N) is 3.